The van der Waals surface area contributed by atoms with Crippen LogP contribution in [0.5, 0.6) is 0 Å². The second-order valence-corrected chi connectivity index (χ2v) is 9.91. The van der Waals surface area contributed by atoms with Gasteiger partial charge in [-0.1, -0.05) is 13.8 Å². The lowest BCUT2D eigenvalue weighted by atomic mass is 9.99. The van der Waals surface area contributed by atoms with E-state index in [1.165, 1.54) is 16.7 Å². The summed E-state index contributed by atoms with van der Waals surface area (Å²) in [6.45, 7) is 9.06. The van der Waals surface area contributed by atoms with E-state index in [0.29, 0.717) is 24.5 Å². The highest BCUT2D eigenvalue weighted by molar-refractivity contribution is 8.00. The van der Waals surface area contributed by atoms with Gasteiger partial charge in [-0.05, 0) is 40.3 Å². The molecule has 2 atom stereocenters. The van der Waals surface area contributed by atoms with E-state index in [1.54, 1.807) is 20.9 Å². The third kappa shape index (κ3) is 10.8. The molecule has 0 radical (unpaired) electrons. The number of imide groups is 1. The molecule has 0 bridgehead atoms. The topological polar surface area (TPSA) is 154 Å². The molecule has 32 heavy (non-hydrogen) atoms. The maximum atomic E-state index is 12.4. The van der Waals surface area contributed by atoms with E-state index in [1.807, 2.05) is 20.9 Å². The molecule has 0 aromatic heterocycles. The van der Waals surface area contributed by atoms with Gasteiger partial charge >= 0.3 is 0 Å². The Kier molecular flexibility index (Phi) is 14.4. The van der Waals surface area contributed by atoms with Crippen LogP contribution in [-0.4, -0.2) is 90.0 Å². The highest BCUT2D eigenvalue weighted by atomic mass is 32.2. The van der Waals surface area contributed by atoms with E-state index in [4.69, 9.17) is 10.8 Å². The van der Waals surface area contributed by atoms with Crippen molar-refractivity contribution in [2.45, 2.75) is 63.8 Å². The molecular formula is C21H41N5O5S. The monoisotopic (exact) mass is 475 g/mol. The van der Waals surface area contributed by atoms with Gasteiger partial charge in [0.05, 0.1) is 11.3 Å². The largest absolute Gasteiger partial charge is 0.396 e. The summed E-state index contributed by atoms with van der Waals surface area (Å²) in [6.07, 6.45) is 1.08. The first kappa shape index (κ1) is 30.3. The van der Waals surface area contributed by atoms with E-state index in [0.717, 1.165) is 13.1 Å². The van der Waals surface area contributed by atoms with Crippen LogP contribution in [0.2, 0.25) is 0 Å². The number of likely N-dealkylation sites (tertiary alicyclic amines) is 1. The van der Waals surface area contributed by atoms with E-state index in [-0.39, 0.29) is 30.7 Å². The Morgan fingerprint density at radius 2 is 1.88 bits per heavy atom. The van der Waals surface area contributed by atoms with Crippen molar-refractivity contribution in [2.24, 2.45) is 11.7 Å². The van der Waals surface area contributed by atoms with Crippen LogP contribution < -0.4 is 21.7 Å². The van der Waals surface area contributed by atoms with Crippen LogP contribution >= 0.6 is 11.8 Å². The third-order valence-electron chi connectivity index (χ3n) is 4.88. The van der Waals surface area contributed by atoms with Crippen molar-refractivity contribution in [3.8, 4) is 0 Å². The van der Waals surface area contributed by atoms with Crippen molar-refractivity contribution in [1.82, 2.24) is 20.9 Å². The molecule has 186 valence electrons. The van der Waals surface area contributed by atoms with Gasteiger partial charge in [0.2, 0.25) is 23.6 Å². The van der Waals surface area contributed by atoms with Crippen molar-refractivity contribution in [3.05, 3.63) is 0 Å². The summed E-state index contributed by atoms with van der Waals surface area (Å²) in [7, 11) is 3.49. The van der Waals surface area contributed by atoms with Crippen LogP contribution in [0.15, 0.2) is 0 Å². The van der Waals surface area contributed by atoms with Gasteiger partial charge in [0, 0.05) is 43.8 Å². The zero-order valence-electron chi connectivity index (χ0n) is 20.2. The van der Waals surface area contributed by atoms with E-state index in [9.17, 15) is 19.2 Å². The molecular weight excluding hydrogens is 434 g/mol. The Bertz CT molecular complexity index is 630. The Hall–Kier alpha value is -1.69. The number of primary amides is 1. The average molecular weight is 476 g/mol. The van der Waals surface area contributed by atoms with E-state index in [2.05, 4.69) is 16.0 Å². The minimum Gasteiger partial charge on any atom is -0.396 e. The smallest absolute Gasteiger partial charge is 0.243 e. The van der Waals surface area contributed by atoms with E-state index >= 15 is 0 Å². The lowest BCUT2D eigenvalue weighted by Crippen LogP contribution is -2.48. The maximum Gasteiger partial charge on any atom is 0.243 e. The Labute approximate surface area is 195 Å². The number of aliphatic hydroxyl groups is 1. The Morgan fingerprint density at radius 3 is 2.34 bits per heavy atom. The zero-order valence-corrected chi connectivity index (χ0v) is 21.0. The average Bonchev–Trinajstić information content (AvgIpc) is 2.96. The van der Waals surface area contributed by atoms with Crippen LogP contribution in [0.4, 0.5) is 0 Å². The van der Waals surface area contributed by atoms with Crippen LogP contribution in [-0.2, 0) is 19.2 Å². The lowest BCUT2D eigenvalue weighted by Gasteiger charge is -2.33. The second-order valence-electron chi connectivity index (χ2n) is 8.67. The standard InChI is InChI=1S/C13H23N3O4S.C8H18N2O/c1-13(2,4-5-17)16-10(18)6-9(12(16)20)21-7-8(15-3)11(14)19;1-7(2)6-8(11)10-5-4-9-3/h8-9,15,17H,4-7H2,1-3H3,(H2,14,19);7,9H,4-6H2,1-3H3,(H,10,11). The van der Waals surface area contributed by atoms with Gasteiger partial charge in [0.25, 0.3) is 0 Å². The molecule has 4 amide bonds. The molecule has 10 nitrogen and oxygen atoms in total. The lowest BCUT2D eigenvalue weighted by molar-refractivity contribution is -0.144. The van der Waals surface area contributed by atoms with Gasteiger partial charge in [0.15, 0.2) is 0 Å². The molecule has 6 N–H and O–H groups in total. The summed E-state index contributed by atoms with van der Waals surface area (Å²) in [4.78, 5) is 47.8. The number of carbonyl (C=O) groups is 4. The summed E-state index contributed by atoms with van der Waals surface area (Å²) in [5.41, 5.74) is 4.52. The minimum absolute atomic E-state index is 0.0919. The number of carbonyl (C=O) groups excluding carboxylic acids is 4. The third-order valence-corrected chi connectivity index (χ3v) is 6.18. The zero-order chi connectivity index (χ0) is 24.9. The molecule has 0 saturated carbocycles. The summed E-state index contributed by atoms with van der Waals surface area (Å²) in [6, 6.07) is -0.530. The molecule has 0 aromatic rings. The number of hydrogen-bond donors (Lipinski definition) is 5. The van der Waals surface area contributed by atoms with Crippen LogP contribution in [0.25, 0.3) is 0 Å². The van der Waals surface area contributed by atoms with Crippen LogP contribution in [0, 0.1) is 5.92 Å². The number of aliphatic hydroxyl groups excluding tert-OH is 1. The molecule has 1 aliphatic heterocycles. The molecule has 0 aliphatic carbocycles. The van der Waals surface area contributed by atoms with Crippen molar-refractivity contribution < 1.29 is 24.3 Å². The number of thioether (sulfide) groups is 1. The summed E-state index contributed by atoms with van der Waals surface area (Å²) < 4.78 is 0. The van der Waals surface area contributed by atoms with Gasteiger partial charge in [-0.3, -0.25) is 24.1 Å². The number of nitrogens with zero attached hydrogens (tertiary/aromatic N) is 1. The quantitative estimate of drug-likeness (QED) is 0.176. The molecule has 2 unspecified atom stereocenters. The number of nitrogens with one attached hydrogen (secondary N) is 3. The number of nitrogens with two attached hydrogens (primary N) is 1. The summed E-state index contributed by atoms with van der Waals surface area (Å²) >= 11 is 1.26. The van der Waals surface area contributed by atoms with Crippen molar-refractivity contribution in [2.75, 3.05) is 39.5 Å². The van der Waals surface area contributed by atoms with Gasteiger partial charge in [-0.15, -0.1) is 11.8 Å². The van der Waals surface area contributed by atoms with Crippen molar-refractivity contribution >= 4 is 35.4 Å². The second kappa shape index (κ2) is 15.2. The Balaban J connectivity index is 0.000000739. The minimum atomic E-state index is -0.704. The Morgan fingerprint density at radius 1 is 1.25 bits per heavy atom. The first-order valence-electron chi connectivity index (χ1n) is 10.9. The first-order valence-corrected chi connectivity index (χ1v) is 11.9. The number of likely N-dealkylation sites (N-methyl/N-ethyl adjacent to an activating group) is 2. The van der Waals surface area contributed by atoms with Gasteiger partial charge in [0.1, 0.15) is 0 Å². The molecule has 0 aromatic carbocycles. The summed E-state index contributed by atoms with van der Waals surface area (Å²) in [5.74, 6) is -0.0538. The van der Waals surface area contributed by atoms with E-state index < -0.39 is 22.7 Å². The molecule has 1 saturated heterocycles. The maximum absolute atomic E-state index is 12.4. The molecule has 0 spiro atoms. The molecule has 1 heterocycles. The van der Waals surface area contributed by atoms with Gasteiger partial charge in [-0.25, -0.2) is 0 Å². The number of rotatable bonds is 13. The van der Waals surface area contributed by atoms with Crippen LogP contribution in [0.3, 0.4) is 0 Å². The number of hydrogen-bond acceptors (Lipinski definition) is 8. The fourth-order valence-electron chi connectivity index (χ4n) is 3.05. The molecule has 1 aliphatic rings. The number of amides is 4. The normalized spacial score (nSPS) is 17.2. The molecule has 1 fully saturated rings. The van der Waals surface area contributed by atoms with Crippen molar-refractivity contribution in [1.29, 1.82) is 0 Å². The first-order chi connectivity index (χ1) is 14.9. The van der Waals surface area contributed by atoms with Crippen LogP contribution in [0.1, 0.15) is 47.0 Å². The fourth-order valence-corrected chi connectivity index (χ4v) is 4.31. The highest BCUT2D eigenvalue weighted by Crippen LogP contribution is 2.32. The fraction of sp³-hybridized carbons (Fsp3) is 0.810. The molecule has 1 rings (SSSR count). The predicted molar refractivity (Wildman–Crippen MR) is 127 cm³/mol. The van der Waals surface area contributed by atoms with Gasteiger partial charge < -0.3 is 26.8 Å². The van der Waals surface area contributed by atoms with Gasteiger partial charge in [-0.2, -0.15) is 0 Å². The predicted octanol–water partition coefficient (Wildman–Crippen LogP) is -0.550. The highest BCUT2D eigenvalue weighted by Gasteiger charge is 2.46. The SMILES string of the molecule is CNC(CSC1CC(=O)N(C(C)(C)CCO)C1=O)C(N)=O.CNCCNC(=O)CC(C)C. The van der Waals surface area contributed by atoms with Crippen molar-refractivity contribution in [3.63, 3.8) is 0 Å². The summed E-state index contributed by atoms with van der Waals surface area (Å²) in [5, 5.41) is 17.1. The molecule has 11 heteroatoms.